The smallest absolute Gasteiger partial charge is 0.261 e. The van der Waals surface area contributed by atoms with E-state index in [2.05, 4.69) is 21.8 Å². The van der Waals surface area contributed by atoms with Crippen LogP contribution >= 0.6 is 0 Å². The molecule has 3 heterocycles. The van der Waals surface area contributed by atoms with Crippen LogP contribution in [-0.4, -0.2) is 47.9 Å². The number of carbonyl (C=O) groups is 2. The number of hydrogen-bond acceptors (Lipinski definition) is 5. The summed E-state index contributed by atoms with van der Waals surface area (Å²) in [5.74, 6) is -0.374. The van der Waals surface area contributed by atoms with E-state index in [0.717, 1.165) is 29.5 Å². The van der Waals surface area contributed by atoms with Crippen LogP contribution in [0.4, 0.5) is 5.69 Å². The molecule has 0 aromatic heterocycles. The number of piperidine rings is 1. The van der Waals surface area contributed by atoms with Crippen LogP contribution in [0.5, 0.6) is 0 Å². The summed E-state index contributed by atoms with van der Waals surface area (Å²) in [7, 11) is 0. The molecule has 28 heavy (non-hydrogen) atoms. The van der Waals surface area contributed by atoms with Gasteiger partial charge in [-0.2, -0.15) is 0 Å². The molecule has 2 saturated heterocycles. The molecule has 5 rings (SSSR count). The fourth-order valence-corrected chi connectivity index (χ4v) is 5.09. The lowest BCUT2D eigenvalue weighted by Crippen LogP contribution is -2.54. The number of carbonyl (C=O) groups excluding carboxylic acids is 2. The summed E-state index contributed by atoms with van der Waals surface area (Å²) in [6, 6.07) is 9.61. The van der Waals surface area contributed by atoms with Crippen LogP contribution in [0, 0.1) is 0 Å². The Hall–Kier alpha value is -2.44. The average Bonchev–Trinajstić information content (AvgIpc) is 3.05. The fraction of sp³-hybridized carbons (Fsp3) is 0.455. The largest absolute Gasteiger partial charge is 0.371 e. The van der Waals surface area contributed by atoms with E-state index in [1.165, 1.54) is 24.2 Å². The van der Waals surface area contributed by atoms with Crippen molar-refractivity contribution in [2.75, 3.05) is 18.0 Å². The molecule has 2 aromatic carbocycles. The monoisotopic (exact) mass is 378 g/mol. The van der Waals surface area contributed by atoms with Crippen molar-refractivity contribution in [3.8, 4) is 0 Å². The first-order valence-electron chi connectivity index (χ1n) is 10.3. The summed E-state index contributed by atoms with van der Waals surface area (Å²) in [4.78, 5) is 30.7. The molecule has 2 unspecified atom stereocenters. The van der Waals surface area contributed by atoms with Crippen molar-refractivity contribution in [1.29, 1.82) is 0 Å². The maximum atomic E-state index is 13.4. The Morgan fingerprint density at radius 3 is 2.18 bits per heavy atom. The Bertz CT molecular complexity index is 934. The van der Waals surface area contributed by atoms with Crippen molar-refractivity contribution in [3.63, 3.8) is 0 Å². The van der Waals surface area contributed by atoms with E-state index in [0.29, 0.717) is 11.1 Å². The normalized spacial score (nSPS) is 27.7. The second kappa shape index (κ2) is 6.57. The number of imide groups is 1. The van der Waals surface area contributed by atoms with Gasteiger partial charge in [-0.15, -0.1) is 0 Å². The summed E-state index contributed by atoms with van der Waals surface area (Å²) in [6.45, 7) is 6.05. The van der Waals surface area contributed by atoms with Gasteiger partial charge in [-0.05, 0) is 51.3 Å². The zero-order valence-corrected chi connectivity index (χ0v) is 16.4. The highest BCUT2D eigenvalue weighted by molar-refractivity contribution is 6.27. The first-order chi connectivity index (χ1) is 13.6. The molecule has 0 bridgehead atoms. The van der Waals surface area contributed by atoms with Crippen molar-refractivity contribution < 1.29 is 9.59 Å². The number of anilines is 1. The molecule has 0 spiro atoms. The fourth-order valence-electron chi connectivity index (χ4n) is 5.09. The molecular formula is C22H26N4O2. The molecule has 3 aliphatic rings. The first-order valence-corrected chi connectivity index (χ1v) is 10.3. The van der Waals surface area contributed by atoms with Crippen LogP contribution < -0.4 is 15.8 Å². The van der Waals surface area contributed by atoms with Crippen molar-refractivity contribution in [3.05, 3.63) is 41.5 Å². The van der Waals surface area contributed by atoms with Gasteiger partial charge in [0.25, 0.3) is 11.8 Å². The zero-order valence-electron chi connectivity index (χ0n) is 16.4. The second-order valence-electron chi connectivity index (χ2n) is 8.25. The Morgan fingerprint density at radius 1 is 0.857 bits per heavy atom. The van der Waals surface area contributed by atoms with Crippen molar-refractivity contribution in [2.24, 2.45) is 0 Å². The third-order valence-electron chi connectivity index (χ3n) is 6.47. The van der Waals surface area contributed by atoms with Crippen LogP contribution in [0.2, 0.25) is 0 Å². The van der Waals surface area contributed by atoms with Crippen molar-refractivity contribution in [2.45, 2.75) is 51.2 Å². The number of amides is 2. The first kappa shape index (κ1) is 17.6. The Morgan fingerprint density at radius 2 is 1.50 bits per heavy atom. The average molecular weight is 378 g/mol. The van der Waals surface area contributed by atoms with Crippen LogP contribution in [0.15, 0.2) is 30.3 Å². The minimum absolute atomic E-state index is 0.00345. The summed E-state index contributed by atoms with van der Waals surface area (Å²) in [5.41, 5.74) is 8.72. The van der Waals surface area contributed by atoms with Crippen LogP contribution in [0.3, 0.4) is 0 Å². The molecule has 0 saturated carbocycles. The van der Waals surface area contributed by atoms with E-state index in [9.17, 15) is 9.59 Å². The highest BCUT2D eigenvalue weighted by Crippen LogP contribution is 2.38. The quantitative estimate of drug-likeness (QED) is 0.787. The predicted molar refractivity (Wildman–Crippen MR) is 109 cm³/mol. The maximum Gasteiger partial charge on any atom is 0.261 e. The summed E-state index contributed by atoms with van der Waals surface area (Å²) >= 11 is 0. The van der Waals surface area contributed by atoms with Crippen LogP contribution in [0.25, 0.3) is 10.8 Å². The van der Waals surface area contributed by atoms with Gasteiger partial charge in [0.2, 0.25) is 0 Å². The van der Waals surface area contributed by atoms with Gasteiger partial charge in [-0.3, -0.25) is 25.3 Å². The molecule has 2 fully saturated rings. The third-order valence-corrected chi connectivity index (χ3v) is 6.47. The van der Waals surface area contributed by atoms with Crippen LogP contribution in [-0.2, 0) is 0 Å². The standard InChI is InChI=1S/C22H26N4O2/c1-13-20(14(2)24-23-13)26-21(27)16-8-6-7-15-18(25-11-4-3-5-12-25)10-9-17(19(15)16)22(26)28/h6-10,13-14,20,23-24H,3-5,11-12H2,1-2H3. The summed E-state index contributed by atoms with van der Waals surface area (Å²) in [6.07, 6.45) is 3.64. The minimum atomic E-state index is -0.217. The van der Waals surface area contributed by atoms with Gasteiger partial charge in [0.15, 0.2) is 0 Å². The van der Waals surface area contributed by atoms with E-state index < -0.39 is 0 Å². The molecule has 0 aliphatic carbocycles. The minimum Gasteiger partial charge on any atom is -0.371 e. The van der Waals surface area contributed by atoms with E-state index in [-0.39, 0.29) is 29.9 Å². The number of hydrogen-bond donors (Lipinski definition) is 2. The number of rotatable bonds is 2. The third kappa shape index (κ3) is 2.48. The zero-order chi connectivity index (χ0) is 19.4. The molecule has 6 heteroatoms. The van der Waals surface area contributed by atoms with E-state index in [1.54, 1.807) is 0 Å². The highest BCUT2D eigenvalue weighted by atomic mass is 16.2. The Balaban J connectivity index is 1.65. The van der Waals surface area contributed by atoms with Gasteiger partial charge in [0.05, 0.1) is 6.04 Å². The molecule has 2 atom stereocenters. The molecule has 6 nitrogen and oxygen atoms in total. The topological polar surface area (TPSA) is 64.7 Å². The van der Waals surface area contributed by atoms with Gasteiger partial charge in [-0.25, -0.2) is 0 Å². The molecule has 2 aromatic rings. The lowest BCUT2D eigenvalue weighted by Gasteiger charge is -2.36. The number of nitrogens with one attached hydrogen (secondary N) is 2. The molecule has 3 aliphatic heterocycles. The van der Waals surface area contributed by atoms with Crippen LogP contribution in [0.1, 0.15) is 53.8 Å². The van der Waals surface area contributed by atoms with Crippen molar-refractivity contribution >= 4 is 28.3 Å². The molecule has 146 valence electrons. The van der Waals surface area contributed by atoms with Gasteiger partial charge < -0.3 is 4.90 Å². The van der Waals surface area contributed by atoms with Gasteiger partial charge in [0, 0.05) is 52.8 Å². The van der Waals surface area contributed by atoms with E-state index >= 15 is 0 Å². The SMILES string of the molecule is CC1NNC(C)C1N1C(=O)c2cccc3c(N4CCCCC4)ccc(c23)C1=O. The van der Waals surface area contributed by atoms with E-state index in [1.807, 2.05) is 38.1 Å². The van der Waals surface area contributed by atoms with E-state index in [4.69, 9.17) is 0 Å². The molecular weight excluding hydrogens is 352 g/mol. The van der Waals surface area contributed by atoms with Gasteiger partial charge in [-0.1, -0.05) is 12.1 Å². The molecule has 0 radical (unpaired) electrons. The lowest BCUT2D eigenvalue weighted by molar-refractivity contribution is 0.0518. The molecule has 2 amide bonds. The second-order valence-corrected chi connectivity index (χ2v) is 8.25. The Kier molecular flexibility index (Phi) is 4.14. The van der Waals surface area contributed by atoms with Gasteiger partial charge >= 0.3 is 0 Å². The number of nitrogens with zero attached hydrogens (tertiary/aromatic N) is 2. The lowest BCUT2D eigenvalue weighted by atomic mass is 9.90. The maximum absolute atomic E-state index is 13.4. The Labute approximate surface area is 164 Å². The summed E-state index contributed by atoms with van der Waals surface area (Å²) < 4.78 is 0. The van der Waals surface area contributed by atoms with Gasteiger partial charge in [0.1, 0.15) is 0 Å². The number of hydrazine groups is 1. The highest BCUT2D eigenvalue weighted by Gasteiger charge is 2.44. The molecule has 2 N–H and O–H groups in total. The predicted octanol–water partition coefficient (Wildman–Crippen LogP) is 2.68. The van der Waals surface area contributed by atoms with Crippen molar-refractivity contribution in [1.82, 2.24) is 15.8 Å². The number of benzene rings is 2. The summed E-state index contributed by atoms with van der Waals surface area (Å²) in [5, 5.41) is 1.83.